The van der Waals surface area contributed by atoms with Crippen molar-refractivity contribution in [2.75, 3.05) is 5.32 Å². The van der Waals surface area contributed by atoms with Crippen molar-refractivity contribution in [3.63, 3.8) is 0 Å². The van der Waals surface area contributed by atoms with Crippen LogP contribution in [-0.4, -0.2) is 19.8 Å². The van der Waals surface area contributed by atoms with E-state index in [1.165, 1.54) is 12.1 Å². The first-order chi connectivity index (χ1) is 9.54. The number of aromatic nitrogens is 2. The highest BCUT2D eigenvalue weighted by Gasteiger charge is 2.04. The maximum atomic E-state index is 10.5. The second kappa shape index (κ2) is 6.11. The Kier molecular flexibility index (Phi) is 4.26. The van der Waals surface area contributed by atoms with Gasteiger partial charge in [-0.1, -0.05) is 0 Å². The van der Waals surface area contributed by atoms with Crippen LogP contribution in [0.25, 0.3) is 0 Å². The van der Waals surface area contributed by atoms with Gasteiger partial charge in [-0.3, -0.25) is 14.8 Å². The van der Waals surface area contributed by atoms with Gasteiger partial charge in [0, 0.05) is 43.2 Å². The van der Waals surface area contributed by atoms with Gasteiger partial charge < -0.3 is 10.6 Å². The molecule has 7 nitrogen and oxygen atoms in total. The Labute approximate surface area is 120 Å². The van der Waals surface area contributed by atoms with Crippen LogP contribution in [0.2, 0.25) is 0 Å². The largest absolute Gasteiger partial charge is 0.358 e. The van der Waals surface area contributed by atoms with Crippen molar-refractivity contribution in [3.05, 3.63) is 52.3 Å². The number of rotatable bonds is 4. The first-order valence-electron chi connectivity index (χ1n) is 5.81. The van der Waals surface area contributed by atoms with Gasteiger partial charge in [0.15, 0.2) is 5.11 Å². The van der Waals surface area contributed by atoms with Crippen LogP contribution < -0.4 is 10.6 Å². The molecular formula is C12H13N5O2S. The number of aryl methyl sites for hydroxylation is 1. The van der Waals surface area contributed by atoms with E-state index < -0.39 is 4.92 Å². The van der Waals surface area contributed by atoms with Gasteiger partial charge in [-0.25, -0.2) is 0 Å². The molecule has 2 N–H and O–H groups in total. The minimum atomic E-state index is -0.442. The zero-order valence-electron chi connectivity index (χ0n) is 10.7. The van der Waals surface area contributed by atoms with E-state index in [9.17, 15) is 10.1 Å². The first-order valence-corrected chi connectivity index (χ1v) is 6.22. The topological polar surface area (TPSA) is 85.0 Å². The molecule has 1 aromatic carbocycles. The van der Waals surface area contributed by atoms with Crippen molar-refractivity contribution in [1.29, 1.82) is 0 Å². The van der Waals surface area contributed by atoms with Crippen LogP contribution in [0, 0.1) is 10.1 Å². The SMILES string of the molecule is Cn1cc(CNC(=S)Nc2ccc([N+](=O)[O-])cc2)cn1. The highest BCUT2D eigenvalue weighted by atomic mass is 32.1. The first kappa shape index (κ1) is 13.9. The lowest BCUT2D eigenvalue weighted by Gasteiger charge is -2.09. The van der Waals surface area contributed by atoms with Gasteiger partial charge in [-0.05, 0) is 24.4 Å². The Bertz CT molecular complexity index is 623. The lowest BCUT2D eigenvalue weighted by Crippen LogP contribution is -2.27. The summed E-state index contributed by atoms with van der Waals surface area (Å²) in [5.41, 5.74) is 1.75. The molecule has 0 unspecified atom stereocenters. The number of non-ortho nitro benzene ring substituents is 1. The summed E-state index contributed by atoms with van der Waals surface area (Å²) in [6, 6.07) is 6.06. The molecule has 0 saturated carbocycles. The van der Waals surface area contributed by atoms with E-state index in [-0.39, 0.29) is 5.69 Å². The average Bonchev–Trinajstić information content (AvgIpc) is 2.83. The fourth-order valence-corrected chi connectivity index (χ4v) is 1.78. The van der Waals surface area contributed by atoms with Crippen LogP contribution in [0.15, 0.2) is 36.7 Å². The molecule has 8 heteroatoms. The molecule has 0 saturated heterocycles. The molecule has 0 atom stereocenters. The number of benzene rings is 1. The molecule has 0 aliphatic heterocycles. The number of nitro groups is 1. The molecule has 0 aliphatic carbocycles. The summed E-state index contributed by atoms with van der Waals surface area (Å²) in [4.78, 5) is 10.1. The molecule has 0 radical (unpaired) electrons. The fourth-order valence-electron chi connectivity index (χ4n) is 1.59. The Morgan fingerprint density at radius 1 is 1.45 bits per heavy atom. The number of hydrogen-bond acceptors (Lipinski definition) is 4. The molecule has 0 fully saturated rings. The number of nitro benzene ring substituents is 1. The second-order valence-corrected chi connectivity index (χ2v) is 4.54. The van der Waals surface area contributed by atoms with Crippen molar-refractivity contribution >= 4 is 28.7 Å². The fraction of sp³-hybridized carbons (Fsp3) is 0.167. The number of nitrogens with zero attached hydrogens (tertiary/aromatic N) is 3. The van der Waals surface area contributed by atoms with Gasteiger partial charge in [0.05, 0.1) is 11.1 Å². The number of hydrogen-bond donors (Lipinski definition) is 2. The molecule has 1 heterocycles. The van der Waals surface area contributed by atoms with Crippen molar-refractivity contribution in [2.45, 2.75) is 6.54 Å². The van der Waals surface area contributed by atoms with Crippen LogP contribution >= 0.6 is 12.2 Å². The highest BCUT2D eigenvalue weighted by molar-refractivity contribution is 7.80. The maximum absolute atomic E-state index is 10.5. The van der Waals surface area contributed by atoms with Crippen LogP contribution in [0.1, 0.15) is 5.56 Å². The zero-order valence-corrected chi connectivity index (χ0v) is 11.6. The van der Waals surface area contributed by atoms with Crippen molar-refractivity contribution < 1.29 is 4.92 Å². The molecule has 2 rings (SSSR count). The predicted molar refractivity (Wildman–Crippen MR) is 79.4 cm³/mol. The van der Waals surface area contributed by atoms with E-state index in [0.29, 0.717) is 17.3 Å². The monoisotopic (exact) mass is 291 g/mol. The molecule has 0 bridgehead atoms. The van der Waals surface area contributed by atoms with E-state index in [4.69, 9.17) is 12.2 Å². The van der Waals surface area contributed by atoms with Gasteiger partial charge in [0.25, 0.3) is 5.69 Å². The molecule has 104 valence electrons. The van der Waals surface area contributed by atoms with Crippen LogP contribution in [0.4, 0.5) is 11.4 Å². The van der Waals surface area contributed by atoms with E-state index in [2.05, 4.69) is 15.7 Å². The summed E-state index contributed by atoms with van der Waals surface area (Å²) < 4.78 is 1.71. The Morgan fingerprint density at radius 2 is 2.15 bits per heavy atom. The third kappa shape index (κ3) is 3.75. The normalized spacial score (nSPS) is 10.1. The van der Waals surface area contributed by atoms with Crippen molar-refractivity contribution in [2.24, 2.45) is 7.05 Å². The zero-order chi connectivity index (χ0) is 14.5. The molecule has 0 aliphatic rings. The molecule has 0 amide bonds. The van der Waals surface area contributed by atoms with Crippen LogP contribution in [0.3, 0.4) is 0 Å². The Balaban J connectivity index is 1.86. The molecular weight excluding hydrogens is 278 g/mol. The predicted octanol–water partition coefficient (Wildman–Crippen LogP) is 1.81. The molecule has 1 aromatic heterocycles. The van der Waals surface area contributed by atoms with E-state index >= 15 is 0 Å². The number of anilines is 1. The summed E-state index contributed by atoms with van der Waals surface area (Å²) in [6.07, 6.45) is 3.64. The number of thiocarbonyl (C=S) groups is 1. The number of nitrogens with one attached hydrogen (secondary N) is 2. The maximum Gasteiger partial charge on any atom is 0.269 e. The lowest BCUT2D eigenvalue weighted by atomic mass is 10.3. The third-order valence-electron chi connectivity index (χ3n) is 2.55. The second-order valence-electron chi connectivity index (χ2n) is 4.13. The van der Waals surface area contributed by atoms with Crippen molar-refractivity contribution in [3.8, 4) is 0 Å². The van der Waals surface area contributed by atoms with Gasteiger partial charge in [0.2, 0.25) is 0 Å². The summed E-state index contributed by atoms with van der Waals surface area (Å²) >= 11 is 5.14. The summed E-state index contributed by atoms with van der Waals surface area (Å²) in [6.45, 7) is 0.562. The van der Waals surface area contributed by atoms with Gasteiger partial charge in [-0.15, -0.1) is 0 Å². The Morgan fingerprint density at radius 3 is 2.70 bits per heavy atom. The lowest BCUT2D eigenvalue weighted by molar-refractivity contribution is -0.384. The van der Waals surface area contributed by atoms with Crippen LogP contribution in [0.5, 0.6) is 0 Å². The minimum absolute atomic E-state index is 0.0461. The summed E-state index contributed by atoms with van der Waals surface area (Å²) in [7, 11) is 1.84. The van der Waals surface area contributed by atoms with Gasteiger partial charge in [-0.2, -0.15) is 5.10 Å². The van der Waals surface area contributed by atoms with Crippen molar-refractivity contribution in [1.82, 2.24) is 15.1 Å². The summed E-state index contributed by atoms with van der Waals surface area (Å²) in [5, 5.41) is 21.0. The molecule has 0 spiro atoms. The standard InChI is InChI=1S/C12H13N5O2S/c1-16-8-9(7-14-16)6-13-12(20)15-10-2-4-11(5-3-10)17(18)19/h2-5,7-8H,6H2,1H3,(H2,13,15,20). The Hall–Kier alpha value is -2.48. The summed E-state index contributed by atoms with van der Waals surface area (Å²) in [5.74, 6) is 0. The van der Waals surface area contributed by atoms with E-state index in [1.54, 1.807) is 23.0 Å². The van der Waals surface area contributed by atoms with Gasteiger partial charge >= 0.3 is 0 Å². The van der Waals surface area contributed by atoms with E-state index in [0.717, 1.165) is 5.56 Å². The van der Waals surface area contributed by atoms with Crippen LogP contribution in [-0.2, 0) is 13.6 Å². The quantitative estimate of drug-likeness (QED) is 0.508. The average molecular weight is 291 g/mol. The van der Waals surface area contributed by atoms with Gasteiger partial charge in [0.1, 0.15) is 0 Å². The van der Waals surface area contributed by atoms with E-state index in [1.807, 2.05) is 13.2 Å². The smallest absolute Gasteiger partial charge is 0.269 e. The third-order valence-corrected chi connectivity index (χ3v) is 2.79. The highest BCUT2D eigenvalue weighted by Crippen LogP contribution is 2.15. The molecule has 20 heavy (non-hydrogen) atoms. The minimum Gasteiger partial charge on any atom is -0.358 e. The molecule has 2 aromatic rings.